The molecule has 98 valence electrons. The van der Waals surface area contributed by atoms with E-state index < -0.39 is 5.54 Å². The van der Waals surface area contributed by atoms with Crippen molar-refractivity contribution in [3.05, 3.63) is 0 Å². The zero-order valence-electron chi connectivity index (χ0n) is 10.9. The zero-order chi connectivity index (χ0) is 12.9. The van der Waals surface area contributed by atoms with E-state index in [4.69, 9.17) is 0 Å². The molecule has 1 fully saturated rings. The van der Waals surface area contributed by atoms with Crippen LogP contribution in [0.3, 0.4) is 0 Å². The number of thioether (sulfide) groups is 1. The third kappa shape index (κ3) is 4.22. The van der Waals surface area contributed by atoms with E-state index >= 15 is 0 Å². The molecule has 0 aromatic heterocycles. The number of rotatable bonds is 5. The van der Waals surface area contributed by atoms with Gasteiger partial charge in [-0.05, 0) is 38.7 Å². The van der Waals surface area contributed by atoms with Gasteiger partial charge in [0.15, 0.2) is 0 Å². The molecular weight excluding hydrogens is 236 g/mol. The minimum Gasteiger partial charge on any atom is -0.342 e. The van der Waals surface area contributed by atoms with Crippen molar-refractivity contribution in [2.24, 2.45) is 0 Å². The van der Waals surface area contributed by atoms with Gasteiger partial charge in [-0.2, -0.15) is 11.8 Å². The Morgan fingerprint density at radius 1 is 1.35 bits per heavy atom. The van der Waals surface area contributed by atoms with Crippen LogP contribution in [0.1, 0.15) is 33.1 Å². The Hall–Kier alpha value is -0.710. The van der Waals surface area contributed by atoms with Crippen LogP contribution < -0.4 is 5.32 Å². The molecule has 1 rings (SSSR count). The highest BCUT2D eigenvalue weighted by molar-refractivity contribution is 7.98. The summed E-state index contributed by atoms with van der Waals surface area (Å²) in [6, 6.07) is 0. The monoisotopic (exact) mass is 258 g/mol. The summed E-state index contributed by atoms with van der Waals surface area (Å²) in [7, 11) is 0. The molecule has 1 heterocycles. The molecular formula is C12H22N2O2S. The lowest BCUT2D eigenvalue weighted by Gasteiger charge is -2.28. The summed E-state index contributed by atoms with van der Waals surface area (Å²) in [5.41, 5.74) is -0.757. The number of carbonyl (C=O) groups excluding carboxylic acids is 2. The van der Waals surface area contributed by atoms with E-state index in [0.717, 1.165) is 25.1 Å². The van der Waals surface area contributed by atoms with E-state index in [0.29, 0.717) is 13.0 Å². The van der Waals surface area contributed by atoms with E-state index in [1.807, 2.05) is 16.7 Å². The SMILES string of the molecule is CSCCCCN1CCC(=O)NC(C)(C)C1=O. The maximum absolute atomic E-state index is 12.2. The van der Waals surface area contributed by atoms with Crippen LogP contribution in [0.2, 0.25) is 0 Å². The van der Waals surface area contributed by atoms with Crippen LogP contribution in [-0.4, -0.2) is 47.4 Å². The van der Waals surface area contributed by atoms with Gasteiger partial charge in [0.25, 0.3) is 0 Å². The molecule has 1 saturated heterocycles. The molecule has 0 atom stereocenters. The maximum atomic E-state index is 12.2. The van der Waals surface area contributed by atoms with Crippen LogP contribution >= 0.6 is 11.8 Å². The normalized spacial score (nSPS) is 20.1. The highest BCUT2D eigenvalue weighted by Gasteiger charge is 2.35. The van der Waals surface area contributed by atoms with Crippen LogP contribution in [0.5, 0.6) is 0 Å². The third-order valence-corrected chi connectivity index (χ3v) is 3.61. The van der Waals surface area contributed by atoms with Crippen molar-refractivity contribution in [1.82, 2.24) is 10.2 Å². The summed E-state index contributed by atoms with van der Waals surface area (Å²) in [5, 5.41) is 2.77. The molecule has 1 aliphatic rings. The van der Waals surface area contributed by atoms with Crippen molar-refractivity contribution >= 4 is 23.6 Å². The molecule has 0 aliphatic carbocycles. The number of nitrogens with one attached hydrogen (secondary N) is 1. The van der Waals surface area contributed by atoms with Crippen LogP contribution in [0.25, 0.3) is 0 Å². The highest BCUT2D eigenvalue weighted by atomic mass is 32.2. The zero-order valence-corrected chi connectivity index (χ0v) is 11.7. The first-order valence-corrected chi connectivity index (χ1v) is 7.46. The fourth-order valence-electron chi connectivity index (χ4n) is 1.96. The summed E-state index contributed by atoms with van der Waals surface area (Å²) in [6.45, 7) is 4.85. The Morgan fingerprint density at radius 3 is 2.71 bits per heavy atom. The molecule has 17 heavy (non-hydrogen) atoms. The quantitative estimate of drug-likeness (QED) is 0.755. The van der Waals surface area contributed by atoms with Crippen LogP contribution in [0.4, 0.5) is 0 Å². The van der Waals surface area contributed by atoms with Gasteiger partial charge in [0.1, 0.15) is 5.54 Å². The van der Waals surface area contributed by atoms with Gasteiger partial charge in [0.2, 0.25) is 11.8 Å². The van der Waals surface area contributed by atoms with Gasteiger partial charge in [0, 0.05) is 19.5 Å². The molecule has 2 amide bonds. The molecule has 1 N–H and O–H groups in total. The Kier molecular flexibility index (Phi) is 5.31. The lowest BCUT2D eigenvalue weighted by molar-refractivity contribution is -0.137. The number of amides is 2. The molecule has 0 saturated carbocycles. The highest BCUT2D eigenvalue weighted by Crippen LogP contribution is 2.14. The molecule has 0 aromatic carbocycles. The van der Waals surface area contributed by atoms with Gasteiger partial charge in [0.05, 0.1) is 0 Å². The number of hydrogen-bond donors (Lipinski definition) is 1. The largest absolute Gasteiger partial charge is 0.342 e. The lowest BCUT2D eigenvalue weighted by Crippen LogP contribution is -2.52. The van der Waals surface area contributed by atoms with Crippen molar-refractivity contribution < 1.29 is 9.59 Å². The minimum atomic E-state index is -0.757. The van der Waals surface area contributed by atoms with Gasteiger partial charge in [-0.25, -0.2) is 0 Å². The minimum absolute atomic E-state index is 0.0324. The van der Waals surface area contributed by atoms with E-state index in [1.54, 1.807) is 13.8 Å². The van der Waals surface area contributed by atoms with Crippen molar-refractivity contribution in [1.29, 1.82) is 0 Å². The molecule has 0 bridgehead atoms. The standard InChI is InChI=1S/C12H22N2O2S/c1-12(2)11(16)14(7-4-5-9-17-3)8-6-10(15)13-12/h4-9H2,1-3H3,(H,13,15). The van der Waals surface area contributed by atoms with E-state index in [2.05, 4.69) is 11.6 Å². The molecule has 0 radical (unpaired) electrons. The van der Waals surface area contributed by atoms with E-state index in [-0.39, 0.29) is 11.8 Å². The van der Waals surface area contributed by atoms with Gasteiger partial charge < -0.3 is 10.2 Å². The second-order valence-corrected chi connectivity index (χ2v) is 5.90. The summed E-state index contributed by atoms with van der Waals surface area (Å²) in [5.74, 6) is 1.13. The molecule has 1 aliphatic heterocycles. The fraction of sp³-hybridized carbons (Fsp3) is 0.833. The van der Waals surface area contributed by atoms with Gasteiger partial charge in [-0.3, -0.25) is 9.59 Å². The average molecular weight is 258 g/mol. The molecule has 0 unspecified atom stereocenters. The topological polar surface area (TPSA) is 49.4 Å². The summed E-state index contributed by atoms with van der Waals surface area (Å²) in [4.78, 5) is 25.5. The first-order chi connectivity index (χ1) is 7.97. The van der Waals surface area contributed by atoms with Crippen molar-refractivity contribution in [3.8, 4) is 0 Å². The Balaban J connectivity index is 2.52. The van der Waals surface area contributed by atoms with E-state index in [9.17, 15) is 9.59 Å². The second kappa shape index (κ2) is 6.28. The van der Waals surface area contributed by atoms with Crippen LogP contribution in [-0.2, 0) is 9.59 Å². The number of unbranched alkanes of at least 4 members (excludes halogenated alkanes) is 1. The summed E-state index contributed by atoms with van der Waals surface area (Å²) in [6.07, 6.45) is 4.63. The smallest absolute Gasteiger partial charge is 0.247 e. The van der Waals surface area contributed by atoms with Gasteiger partial charge in [-0.1, -0.05) is 0 Å². The molecule has 4 nitrogen and oxygen atoms in total. The van der Waals surface area contributed by atoms with Crippen molar-refractivity contribution in [2.45, 2.75) is 38.6 Å². The Morgan fingerprint density at radius 2 is 2.06 bits per heavy atom. The Bertz CT molecular complexity index is 292. The second-order valence-electron chi connectivity index (χ2n) is 4.92. The predicted octanol–water partition coefficient (Wildman–Crippen LogP) is 1.26. The number of carbonyl (C=O) groups is 2. The molecule has 5 heteroatoms. The van der Waals surface area contributed by atoms with Crippen LogP contribution in [0, 0.1) is 0 Å². The third-order valence-electron chi connectivity index (χ3n) is 2.91. The fourth-order valence-corrected chi connectivity index (χ4v) is 2.45. The van der Waals surface area contributed by atoms with Gasteiger partial charge in [-0.15, -0.1) is 0 Å². The Labute approximate surface area is 108 Å². The van der Waals surface area contributed by atoms with Crippen molar-refractivity contribution in [2.75, 3.05) is 25.1 Å². The predicted molar refractivity (Wildman–Crippen MR) is 71.0 cm³/mol. The first-order valence-electron chi connectivity index (χ1n) is 6.06. The molecule has 0 aromatic rings. The summed E-state index contributed by atoms with van der Waals surface area (Å²) < 4.78 is 0. The maximum Gasteiger partial charge on any atom is 0.247 e. The van der Waals surface area contributed by atoms with E-state index in [1.165, 1.54) is 0 Å². The number of hydrogen-bond acceptors (Lipinski definition) is 3. The average Bonchev–Trinajstić information content (AvgIpc) is 2.34. The van der Waals surface area contributed by atoms with Crippen LogP contribution in [0.15, 0.2) is 0 Å². The first kappa shape index (κ1) is 14.4. The van der Waals surface area contributed by atoms with Gasteiger partial charge >= 0.3 is 0 Å². The number of nitrogens with zero attached hydrogens (tertiary/aromatic N) is 1. The molecule has 0 spiro atoms. The lowest BCUT2D eigenvalue weighted by atomic mass is 10.0. The summed E-state index contributed by atoms with van der Waals surface area (Å²) >= 11 is 1.82. The van der Waals surface area contributed by atoms with Crippen molar-refractivity contribution in [3.63, 3.8) is 0 Å².